The van der Waals surface area contributed by atoms with E-state index in [0.29, 0.717) is 17.2 Å². The zero-order valence-electron chi connectivity index (χ0n) is 16.0. The highest BCUT2D eigenvalue weighted by molar-refractivity contribution is 7.98. The number of para-hydroxylation sites is 1. The number of thioether (sulfide) groups is 1. The molecule has 1 heterocycles. The molecule has 0 aliphatic carbocycles. The van der Waals surface area contributed by atoms with E-state index in [1.165, 1.54) is 0 Å². The first-order valence-electron chi connectivity index (χ1n) is 8.81. The second kappa shape index (κ2) is 8.99. The normalized spacial score (nSPS) is 13.3. The number of amides is 2. The Kier molecular flexibility index (Phi) is 6.43. The van der Waals surface area contributed by atoms with Crippen molar-refractivity contribution in [1.29, 1.82) is 0 Å². The average molecular weight is 401 g/mol. The summed E-state index contributed by atoms with van der Waals surface area (Å²) in [4.78, 5) is 27.6. The van der Waals surface area contributed by atoms with E-state index in [9.17, 15) is 9.59 Å². The van der Waals surface area contributed by atoms with Crippen LogP contribution in [0.15, 0.2) is 47.4 Å². The lowest BCUT2D eigenvalue weighted by molar-refractivity contribution is -0.122. The molecule has 2 aromatic carbocycles. The van der Waals surface area contributed by atoms with Gasteiger partial charge in [0.05, 0.1) is 18.3 Å². The summed E-state index contributed by atoms with van der Waals surface area (Å²) >= 11 is 1.57. The van der Waals surface area contributed by atoms with Gasteiger partial charge in [-0.15, -0.1) is 11.8 Å². The molecular formula is C20H23N3O4S. The molecule has 0 bridgehead atoms. The van der Waals surface area contributed by atoms with E-state index in [1.54, 1.807) is 48.8 Å². The summed E-state index contributed by atoms with van der Waals surface area (Å²) < 4.78 is 10.6. The Morgan fingerprint density at radius 3 is 2.68 bits per heavy atom. The summed E-state index contributed by atoms with van der Waals surface area (Å²) in [6.07, 6.45) is 1.96. The Labute approximate surface area is 168 Å². The van der Waals surface area contributed by atoms with Crippen molar-refractivity contribution < 1.29 is 19.1 Å². The minimum Gasteiger partial charge on any atom is -0.454 e. The average Bonchev–Trinajstić information content (AvgIpc) is 3.15. The van der Waals surface area contributed by atoms with Gasteiger partial charge in [-0.25, -0.2) is 0 Å². The topological polar surface area (TPSA) is 79.9 Å². The molecule has 2 aromatic rings. The Bertz CT molecular complexity index is 874. The van der Waals surface area contributed by atoms with Gasteiger partial charge >= 0.3 is 0 Å². The van der Waals surface area contributed by atoms with Crippen molar-refractivity contribution in [3.05, 3.63) is 42.5 Å². The predicted molar refractivity (Wildman–Crippen MR) is 110 cm³/mol. The molecule has 2 N–H and O–H groups in total. The number of nitrogens with one attached hydrogen (secondary N) is 2. The van der Waals surface area contributed by atoms with Crippen LogP contribution in [-0.2, 0) is 9.59 Å². The lowest BCUT2D eigenvalue weighted by atomic mass is 10.2. The van der Waals surface area contributed by atoms with E-state index in [2.05, 4.69) is 10.6 Å². The molecule has 0 spiro atoms. The highest BCUT2D eigenvalue weighted by Gasteiger charge is 2.21. The van der Waals surface area contributed by atoms with Crippen molar-refractivity contribution in [2.45, 2.75) is 17.9 Å². The summed E-state index contributed by atoms with van der Waals surface area (Å²) in [7, 11) is 1.74. The maximum Gasteiger partial charge on any atom is 0.241 e. The van der Waals surface area contributed by atoms with Crippen LogP contribution in [0.3, 0.4) is 0 Å². The van der Waals surface area contributed by atoms with E-state index in [1.807, 2.05) is 30.5 Å². The molecule has 28 heavy (non-hydrogen) atoms. The van der Waals surface area contributed by atoms with Gasteiger partial charge < -0.3 is 20.1 Å². The van der Waals surface area contributed by atoms with Crippen LogP contribution >= 0.6 is 11.8 Å². The lowest BCUT2D eigenvalue weighted by Crippen LogP contribution is -2.43. The zero-order valence-corrected chi connectivity index (χ0v) is 16.8. The molecule has 1 aliphatic heterocycles. The first-order valence-corrected chi connectivity index (χ1v) is 10.0. The van der Waals surface area contributed by atoms with Crippen molar-refractivity contribution in [2.24, 2.45) is 0 Å². The van der Waals surface area contributed by atoms with Crippen LogP contribution in [-0.4, -0.2) is 49.4 Å². The molecule has 0 aromatic heterocycles. The van der Waals surface area contributed by atoms with Crippen LogP contribution in [0.4, 0.5) is 11.4 Å². The first kappa shape index (κ1) is 20.0. The van der Waals surface area contributed by atoms with E-state index >= 15 is 0 Å². The number of likely N-dealkylation sites (N-methyl/N-ethyl adjacent to an activating group) is 1. The van der Waals surface area contributed by atoms with Crippen LogP contribution in [0, 0.1) is 0 Å². The molecule has 0 saturated heterocycles. The summed E-state index contributed by atoms with van der Waals surface area (Å²) in [5, 5.41) is 5.74. The van der Waals surface area contributed by atoms with Crippen molar-refractivity contribution in [2.75, 3.05) is 37.3 Å². The standard InChI is InChI=1S/C20H23N3O4S/c1-13(20(25)21-14-8-9-16-17(10-14)27-12-26-16)23(2)11-19(24)22-15-6-4-5-7-18(15)28-3/h4-10,13H,11-12H2,1-3H3,(H,21,25)(H,22,24)/t13-/m1/s1. The van der Waals surface area contributed by atoms with Gasteiger partial charge in [0.1, 0.15) is 0 Å². The van der Waals surface area contributed by atoms with Crippen molar-refractivity contribution in [3.8, 4) is 11.5 Å². The van der Waals surface area contributed by atoms with Gasteiger partial charge in [-0.3, -0.25) is 14.5 Å². The number of nitrogens with zero attached hydrogens (tertiary/aromatic N) is 1. The van der Waals surface area contributed by atoms with Gasteiger partial charge in [-0.1, -0.05) is 12.1 Å². The molecule has 2 amide bonds. The molecule has 1 atom stereocenters. The fraction of sp³-hybridized carbons (Fsp3) is 0.300. The van der Waals surface area contributed by atoms with Crippen LogP contribution in [0.2, 0.25) is 0 Å². The molecule has 8 heteroatoms. The SMILES string of the molecule is CSc1ccccc1NC(=O)CN(C)[C@H](C)C(=O)Nc1ccc2c(c1)OCO2. The van der Waals surface area contributed by atoms with E-state index in [-0.39, 0.29) is 25.2 Å². The van der Waals surface area contributed by atoms with Crippen LogP contribution in [0.25, 0.3) is 0 Å². The van der Waals surface area contributed by atoms with E-state index in [0.717, 1.165) is 10.6 Å². The molecule has 0 fully saturated rings. The number of fused-ring (bicyclic) bond motifs is 1. The molecule has 0 unspecified atom stereocenters. The van der Waals surface area contributed by atoms with Gasteiger partial charge in [0.2, 0.25) is 18.6 Å². The third-order valence-corrected chi connectivity index (χ3v) is 5.25. The van der Waals surface area contributed by atoms with E-state index < -0.39 is 6.04 Å². The second-order valence-electron chi connectivity index (χ2n) is 6.40. The van der Waals surface area contributed by atoms with Crippen LogP contribution < -0.4 is 20.1 Å². The summed E-state index contributed by atoms with van der Waals surface area (Å²) in [5.74, 6) is 0.876. The molecule has 7 nitrogen and oxygen atoms in total. The maximum absolute atomic E-state index is 12.5. The third-order valence-electron chi connectivity index (χ3n) is 4.45. The van der Waals surface area contributed by atoms with Crippen LogP contribution in [0.5, 0.6) is 11.5 Å². The first-order chi connectivity index (χ1) is 13.5. The zero-order chi connectivity index (χ0) is 20.1. The van der Waals surface area contributed by atoms with Gasteiger partial charge in [0.25, 0.3) is 0 Å². The molecule has 0 radical (unpaired) electrons. The summed E-state index contributed by atoms with van der Waals surface area (Å²) in [6.45, 7) is 2.03. The number of hydrogen-bond donors (Lipinski definition) is 2. The molecular weight excluding hydrogens is 378 g/mol. The minimum atomic E-state index is -0.494. The lowest BCUT2D eigenvalue weighted by Gasteiger charge is -2.23. The third kappa shape index (κ3) is 4.76. The van der Waals surface area contributed by atoms with Crippen LogP contribution in [0.1, 0.15) is 6.92 Å². The monoisotopic (exact) mass is 401 g/mol. The molecule has 148 valence electrons. The van der Waals surface area contributed by atoms with E-state index in [4.69, 9.17) is 9.47 Å². The molecule has 1 aliphatic rings. The van der Waals surface area contributed by atoms with Gasteiger partial charge in [-0.05, 0) is 44.5 Å². The Balaban J connectivity index is 1.55. The molecule has 3 rings (SSSR count). The Morgan fingerprint density at radius 1 is 1.14 bits per heavy atom. The number of carbonyl (C=O) groups is 2. The number of anilines is 2. The fourth-order valence-corrected chi connectivity index (χ4v) is 3.28. The highest BCUT2D eigenvalue weighted by Crippen LogP contribution is 2.34. The number of benzene rings is 2. The summed E-state index contributed by atoms with van der Waals surface area (Å²) in [6, 6.07) is 12.3. The predicted octanol–water partition coefficient (Wildman–Crippen LogP) is 3.03. The minimum absolute atomic E-state index is 0.0957. The second-order valence-corrected chi connectivity index (χ2v) is 7.24. The quantitative estimate of drug-likeness (QED) is 0.695. The maximum atomic E-state index is 12.5. The number of rotatable bonds is 7. The smallest absolute Gasteiger partial charge is 0.241 e. The van der Waals surface area contributed by atoms with Gasteiger partial charge in [-0.2, -0.15) is 0 Å². The van der Waals surface area contributed by atoms with Crippen molar-refractivity contribution >= 4 is 35.0 Å². The number of carbonyl (C=O) groups excluding carboxylic acids is 2. The largest absolute Gasteiger partial charge is 0.454 e. The number of hydrogen-bond acceptors (Lipinski definition) is 6. The Morgan fingerprint density at radius 2 is 1.89 bits per heavy atom. The fourth-order valence-electron chi connectivity index (χ4n) is 2.72. The summed E-state index contributed by atoms with van der Waals surface area (Å²) in [5.41, 5.74) is 1.39. The molecule has 0 saturated carbocycles. The van der Waals surface area contributed by atoms with Crippen molar-refractivity contribution in [1.82, 2.24) is 4.90 Å². The van der Waals surface area contributed by atoms with Crippen molar-refractivity contribution in [3.63, 3.8) is 0 Å². The highest BCUT2D eigenvalue weighted by atomic mass is 32.2. The number of ether oxygens (including phenoxy) is 2. The van der Waals surface area contributed by atoms with Gasteiger partial charge in [0.15, 0.2) is 11.5 Å². The van der Waals surface area contributed by atoms with Gasteiger partial charge in [0, 0.05) is 16.6 Å². The Hall–Kier alpha value is -2.71.